The summed E-state index contributed by atoms with van der Waals surface area (Å²) < 4.78 is 39.4. The highest BCUT2D eigenvalue weighted by Crippen LogP contribution is 2.41. The van der Waals surface area contributed by atoms with Gasteiger partial charge >= 0.3 is 0 Å². The van der Waals surface area contributed by atoms with Crippen LogP contribution in [0.25, 0.3) is 0 Å². The number of piperidine rings is 1. The number of methoxy groups -OCH3 is 1. The molecule has 0 spiro atoms. The molecule has 3 aliphatic heterocycles. The highest BCUT2D eigenvalue weighted by Gasteiger charge is 2.32. The molecule has 0 bridgehead atoms. The van der Waals surface area contributed by atoms with E-state index >= 15 is 0 Å². The van der Waals surface area contributed by atoms with Gasteiger partial charge in [-0.25, -0.2) is 23.8 Å². The van der Waals surface area contributed by atoms with E-state index in [4.69, 9.17) is 14.3 Å². The lowest BCUT2D eigenvalue weighted by molar-refractivity contribution is -0.111. The van der Waals surface area contributed by atoms with Gasteiger partial charge in [-0.15, -0.1) is 0 Å². The maximum absolute atomic E-state index is 14.0. The van der Waals surface area contributed by atoms with Gasteiger partial charge in [-0.3, -0.25) is 14.5 Å². The van der Waals surface area contributed by atoms with Gasteiger partial charge in [0.05, 0.1) is 50.0 Å². The summed E-state index contributed by atoms with van der Waals surface area (Å²) >= 11 is 0. The van der Waals surface area contributed by atoms with Crippen LogP contribution >= 0.6 is 0 Å². The van der Waals surface area contributed by atoms with Crippen LogP contribution < -0.4 is 25.3 Å². The fourth-order valence-electron chi connectivity index (χ4n) is 6.54. The molecule has 13 heteroatoms. The standard InChI is InChI=1S/C33H39F2N7O4/c1-4-33(43)39-26-16-27(30(44-3)17-29(26)40-8-5-25(6-9-40)41-10-12-45-19-21(41)2)38-31-18-32(37-20-36-31)42-28(7-11-46-42)22-13-23(34)15-24(35)14-22/h4,13-18,20-21,25,28H,1,5-12,19H2,2-3H3,(H,39,43)(H,36,37,38). The molecule has 1 amide bonds. The number of hydroxylamine groups is 1. The molecule has 3 saturated heterocycles. The lowest BCUT2D eigenvalue weighted by Crippen LogP contribution is -2.53. The van der Waals surface area contributed by atoms with E-state index in [9.17, 15) is 13.6 Å². The number of amides is 1. The first kappa shape index (κ1) is 31.6. The Morgan fingerprint density at radius 1 is 1.02 bits per heavy atom. The number of carbonyl (C=O) groups is 1. The van der Waals surface area contributed by atoms with E-state index in [-0.39, 0.29) is 5.91 Å². The van der Waals surface area contributed by atoms with Gasteiger partial charge in [-0.05, 0) is 49.6 Å². The molecule has 2 unspecified atom stereocenters. The van der Waals surface area contributed by atoms with Crippen molar-refractivity contribution < 1.29 is 27.9 Å². The van der Waals surface area contributed by atoms with Crippen LogP contribution in [0.3, 0.4) is 0 Å². The van der Waals surface area contributed by atoms with Gasteiger partial charge in [0.25, 0.3) is 0 Å². The Bertz CT molecular complexity index is 1550. The summed E-state index contributed by atoms with van der Waals surface area (Å²) in [6.07, 6.45) is 5.13. The fraction of sp³-hybridized carbons (Fsp3) is 0.424. The third-order valence-corrected chi connectivity index (χ3v) is 8.77. The smallest absolute Gasteiger partial charge is 0.247 e. The molecule has 244 valence electrons. The molecule has 3 aromatic rings. The average molecular weight is 636 g/mol. The van der Waals surface area contributed by atoms with Crippen molar-refractivity contribution in [2.45, 2.75) is 44.3 Å². The summed E-state index contributed by atoms with van der Waals surface area (Å²) in [5, 5.41) is 7.79. The first-order chi connectivity index (χ1) is 22.3. The maximum atomic E-state index is 14.0. The molecule has 1 aromatic heterocycles. The number of hydrogen-bond acceptors (Lipinski definition) is 10. The number of aromatic nitrogens is 2. The molecule has 4 heterocycles. The van der Waals surface area contributed by atoms with E-state index in [0.717, 1.165) is 57.4 Å². The summed E-state index contributed by atoms with van der Waals surface area (Å²) in [5.41, 5.74) is 2.48. The zero-order valence-electron chi connectivity index (χ0n) is 26.0. The zero-order valence-corrected chi connectivity index (χ0v) is 26.0. The molecule has 2 aromatic carbocycles. The van der Waals surface area contributed by atoms with Crippen LogP contribution in [0, 0.1) is 11.6 Å². The second kappa shape index (κ2) is 14.0. The highest BCUT2D eigenvalue weighted by molar-refractivity contribution is 6.02. The zero-order chi connectivity index (χ0) is 32.2. The predicted octanol–water partition coefficient (Wildman–Crippen LogP) is 5.20. The summed E-state index contributed by atoms with van der Waals surface area (Å²) in [6, 6.07) is 9.30. The third kappa shape index (κ3) is 6.91. The molecular weight excluding hydrogens is 596 g/mol. The van der Waals surface area contributed by atoms with Crippen molar-refractivity contribution in [2.24, 2.45) is 0 Å². The highest BCUT2D eigenvalue weighted by atomic mass is 19.1. The van der Waals surface area contributed by atoms with Gasteiger partial charge in [0.1, 0.15) is 29.5 Å². The molecule has 3 fully saturated rings. The van der Waals surface area contributed by atoms with Gasteiger partial charge in [0, 0.05) is 56.3 Å². The molecular formula is C33H39F2N7O4. The van der Waals surface area contributed by atoms with Crippen molar-refractivity contribution in [3.05, 3.63) is 72.6 Å². The fourth-order valence-corrected chi connectivity index (χ4v) is 6.54. The Morgan fingerprint density at radius 3 is 2.52 bits per heavy atom. The summed E-state index contributed by atoms with van der Waals surface area (Å²) in [7, 11) is 1.59. The predicted molar refractivity (Wildman–Crippen MR) is 172 cm³/mol. The van der Waals surface area contributed by atoms with Crippen molar-refractivity contribution >= 4 is 34.6 Å². The van der Waals surface area contributed by atoms with Crippen molar-refractivity contribution in [2.75, 3.05) is 67.2 Å². The van der Waals surface area contributed by atoms with Crippen LogP contribution in [-0.4, -0.2) is 79.4 Å². The minimum atomic E-state index is -0.655. The second-order valence-electron chi connectivity index (χ2n) is 11.7. The number of carbonyl (C=O) groups excluding carboxylic acids is 1. The van der Waals surface area contributed by atoms with Crippen LogP contribution in [0.15, 0.2) is 55.4 Å². The van der Waals surface area contributed by atoms with E-state index in [2.05, 4.69) is 43.9 Å². The Kier molecular flexibility index (Phi) is 9.61. The van der Waals surface area contributed by atoms with E-state index in [1.54, 1.807) is 18.2 Å². The number of nitrogens with zero attached hydrogens (tertiary/aromatic N) is 5. The number of hydrogen-bond donors (Lipinski definition) is 2. The van der Waals surface area contributed by atoms with E-state index in [1.807, 2.05) is 12.1 Å². The molecule has 0 saturated carbocycles. The summed E-state index contributed by atoms with van der Waals surface area (Å²) in [6.45, 7) is 10.3. The Balaban J connectivity index is 1.24. The molecule has 46 heavy (non-hydrogen) atoms. The normalized spacial score (nSPS) is 20.9. The number of nitrogens with one attached hydrogen (secondary N) is 2. The van der Waals surface area contributed by atoms with E-state index in [1.165, 1.54) is 24.5 Å². The lowest BCUT2D eigenvalue weighted by atomic mass is 10.00. The number of morpholine rings is 1. The summed E-state index contributed by atoms with van der Waals surface area (Å²) in [4.78, 5) is 31.9. The first-order valence-electron chi connectivity index (χ1n) is 15.5. The van der Waals surface area contributed by atoms with E-state index in [0.29, 0.717) is 59.4 Å². The molecule has 11 nitrogen and oxygen atoms in total. The van der Waals surface area contributed by atoms with Crippen LogP contribution in [0.2, 0.25) is 0 Å². The van der Waals surface area contributed by atoms with Crippen molar-refractivity contribution in [3.63, 3.8) is 0 Å². The molecule has 0 aliphatic carbocycles. The second-order valence-corrected chi connectivity index (χ2v) is 11.7. The van der Waals surface area contributed by atoms with Crippen molar-refractivity contribution in [3.8, 4) is 5.75 Å². The van der Waals surface area contributed by atoms with E-state index < -0.39 is 17.7 Å². The Labute approximate surface area is 267 Å². The SMILES string of the molecule is C=CC(=O)Nc1cc(Nc2cc(N3OCCC3c3cc(F)cc(F)c3)ncn2)c(OC)cc1N1CCC(N2CCOCC2C)CC1. The summed E-state index contributed by atoms with van der Waals surface area (Å²) in [5.74, 6) is -0.239. The van der Waals surface area contributed by atoms with Crippen molar-refractivity contribution in [1.82, 2.24) is 14.9 Å². The molecule has 2 N–H and O–H groups in total. The van der Waals surface area contributed by atoms with Gasteiger partial charge in [-0.1, -0.05) is 6.58 Å². The number of ether oxygens (including phenoxy) is 2. The topological polar surface area (TPSA) is 104 Å². The van der Waals surface area contributed by atoms with Crippen LogP contribution in [0.5, 0.6) is 5.75 Å². The van der Waals surface area contributed by atoms with Crippen LogP contribution in [0.4, 0.5) is 37.5 Å². The molecule has 0 radical (unpaired) electrons. The Morgan fingerprint density at radius 2 is 1.80 bits per heavy atom. The van der Waals surface area contributed by atoms with Gasteiger partial charge in [0.2, 0.25) is 5.91 Å². The molecule has 2 atom stereocenters. The van der Waals surface area contributed by atoms with Gasteiger partial charge in [-0.2, -0.15) is 0 Å². The van der Waals surface area contributed by atoms with Crippen LogP contribution in [-0.2, 0) is 14.4 Å². The quantitative estimate of drug-likeness (QED) is 0.305. The van der Waals surface area contributed by atoms with Gasteiger partial charge < -0.3 is 25.0 Å². The number of anilines is 5. The van der Waals surface area contributed by atoms with Crippen LogP contribution in [0.1, 0.15) is 37.8 Å². The number of benzene rings is 2. The lowest BCUT2D eigenvalue weighted by Gasteiger charge is -2.44. The monoisotopic (exact) mass is 635 g/mol. The minimum absolute atomic E-state index is 0.329. The molecule has 3 aliphatic rings. The Hall–Kier alpha value is -4.33. The van der Waals surface area contributed by atoms with Crippen molar-refractivity contribution in [1.29, 1.82) is 0 Å². The maximum Gasteiger partial charge on any atom is 0.247 e. The average Bonchev–Trinajstić information content (AvgIpc) is 3.55. The molecule has 6 rings (SSSR count). The van der Waals surface area contributed by atoms with Gasteiger partial charge in [0.15, 0.2) is 5.82 Å². The number of halogens is 2. The minimum Gasteiger partial charge on any atom is -0.494 e. The largest absolute Gasteiger partial charge is 0.494 e. The first-order valence-corrected chi connectivity index (χ1v) is 15.5. The third-order valence-electron chi connectivity index (χ3n) is 8.77. The number of rotatable bonds is 9.